The van der Waals surface area contributed by atoms with Crippen LogP contribution < -0.4 is 10.6 Å². The Morgan fingerprint density at radius 3 is 2.43 bits per heavy atom. The number of rotatable bonds is 8. The van der Waals surface area contributed by atoms with Gasteiger partial charge in [0.15, 0.2) is 0 Å². The molecule has 1 saturated carbocycles. The molecule has 0 unspecified atom stereocenters. The Morgan fingerprint density at radius 1 is 1.24 bits per heavy atom. The molecule has 0 atom stereocenters. The van der Waals surface area contributed by atoms with E-state index >= 15 is 0 Å². The zero-order valence-electron chi connectivity index (χ0n) is 12.6. The van der Waals surface area contributed by atoms with E-state index in [0.29, 0.717) is 11.6 Å². The molecular weight excluding hydrogens is 268 g/mol. The van der Waals surface area contributed by atoms with Gasteiger partial charge in [-0.15, -0.1) is 0 Å². The van der Waals surface area contributed by atoms with Crippen LogP contribution in [0.3, 0.4) is 0 Å². The third-order valence-electron chi connectivity index (χ3n) is 3.91. The monoisotopic (exact) mass is 292 g/mol. The Morgan fingerprint density at radius 2 is 1.86 bits per heavy atom. The summed E-state index contributed by atoms with van der Waals surface area (Å²) in [4.78, 5) is 15.0. The standard InChI is InChI=1S/C15H24N4O2/c1-2-8-16-14-10-13(19(20)21)11-15(18-14)17-9-7-12-5-3-4-6-12/h10-12H,2-9H2,1H3,(H2,16,17,18). The van der Waals surface area contributed by atoms with E-state index in [1.807, 2.05) is 6.92 Å². The van der Waals surface area contributed by atoms with E-state index in [0.717, 1.165) is 31.8 Å². The molecular formula is C15H24N4O2. The van der Waals surface area contributed by atoms with Gasteiger partial charge in [0.2, 0.25) is 0 Å². The van der Waals surface area contributed by atoms with Crippen LogP contribution in [0.5, 0.6) is 0 Å². The highest BCUT2D eigenvalue weighted by Crippen LogP contribution is 2.27. The molecule has 1 fully saturated rings. The first-order valence-electron chi connectivity index (χ1n) is 7.83. The summed E-state index contributed by atoms with van der Waals surface area (Å²) >= 11 is 0. The Labute approximate surface area is 125 Å². The van der Waals surface area contributed by atoms with Crippen LogP contribution in [0.15, 0.2) is 12.1 Å². The lowest BCUT2D eigenvalue weighted by Gasteiger charge is -2.11. The number of pyridine rings is 1. The van der Waals surface area contributed by atoms with Gasteiger partial charge in [-0.25, -0.2) is 4.98 Å². The second-order valence-electron chi connectivity index (χ2n) is 5.65. The summed E-state index contributed by atoms with van der Waals surface area (Å²) in [7, 11) is 0. The lowest BCUT2D eigenvalue weighted by molar-refractivity contribution is -0.384. The number of aromatic nitrogens is 1. The molecule has 2 N–H and O–H groups in total. The highest BCUT2D eigenvalue weighted by molar-refractivity contribution is 5.54. The molecule has 0 aliphatic heterocycles. The highest BCUT2D eigenvalue weighted by atomic mass is 16.6. The summed E-state index contributed by atoms with van der Waals surface area (Å²) in [5.74, 6) is 1.95. The van der Waals surface area contributed by atoms with E-state index < -0.39 is 0 Å². The van der Waals surface area contributed by atoms with Gasteiger partial charge < -0.3 is 10.6 Å². The molecule has 0 saturated heterocycles. The molecule has 21 heavy (non-hydrogen) atoms. The quantitative estimate of drug-likeness (QED) is 0.562. The zero-order valence-corrected chi connectivity index (χ0v) is 12.6. The van der Waals surface area contributed by atoms with Gasteiger partial charge in [0, 0.05) is 13.1 Å². The topological polar surface area (TPSA) is 80.1 Å². The van der Waals surface area contributed by atoms with Crippen LogP contribution in [-0.2, 0) is 0 Å². The van der Waals surface area contributed by atoms with E-state index in [1.54, 1.807) is 0 Å². The van der Waals surface area contributed by atoms with Crippen molar-refractivity contribution >= 4 is 17.3 Å². The Balaban J connectivity index is 1.95. The van der Waals surface area contributed by atoms with Crippen LogP contribution in [0.2, 0.25) is 0 Å². The number of nitrogens with one attached hydrogen (secondary N) is 2. The van der Waals surface area contributed by atoms with E-state index in [-0.39, 0.29) is 10.6 Å². The fourth-order valence-corrected chi connectivity index (χ4v) is 2.76. The normalized spacial score (nSPS) is 15.1. The fraction of sp³-hybridized carbons (Fsp3) is 0.667. The first kappa shape index (κ1) is 15.5. The highest BCUT2D eigenvalue weighted by Gasteiger charge is 2.15. The predicted octanol–water partition coefficient (Wildman–Crippen LogP) is 3.80. The molecule has 1 aromatic rings. The minimum Gasteiger partial charge on any atom is -0.370 e. The van der Waals surface area contributed by atoms with Crippen LogP contribution >= 0.6 is 0 Å². The van der Waals surface area contributed by atoms with Crippen LogP contribution in [0.25, 0.3) is 0 Å². The molecule has 6 heteroatoms. The maximum atomic E-state index is 11.0. The summed E-state index contributed by atoms with van der Waals surface area (Å²) in [5, 5.41) is 17.3. The molecule has 1 aliphatic rings. The number of hydrogen-bond acceptors (Lipinski definition) is 5. The van der Waals surface area contributed by atoms with Crippen molar-refractivity contribution in [2.24, 2.45) is 5.92 Å². The summed E-state index contributed by atoms with van der Waals surface area (Å²) in [5.41, 5.74) is 0.0759. The van der Waals surface area contributed by atoms with E-state index in [9.17, 15) is 10.1 Å². The van der Waals surface area contributed by atoms with Crippen LogP contribution in [-0.4, -0.2) is 23.0 Å². The smallest absolute Gasteiger partial charge is 0.276 e. The zero-order chi connectivity index (χ0) is 15.1. The SMILES string of the molecule is CCCNc1cc([N+](=O)[O-])cc(NCCC2CCCC2)n1. The van der Waals surface area contributed by atoms with Crippen LogP contribution in [0, 0.1) is 16.0 Å². The Hall–Kier alpha value is -1.85. The van der Waals surface area contributed by atoms with Gasteiger partial charge in [0.25, 0.3) is 5.69 Å². The van der Waals surface area contributed by atoms with E-state index in [2.05, 4.69) is 15.6 Å². The molecule has 0 amide bonds. The van der Waals surface area contributed by atoms with Gasteiger partial charge in [0.1, 0.15) is 11.6 Å². The van der Waals surface area contributed by atoms with Crippen molar-refractivity contribution in [3.8, 4) is 0 Å². The Kier molecular flexibility index (Phi) is 5.78. The minimum atomic E-state index is -0.374. The number of nitro groups is 1. The van der Waals surface area contributed by atoms with Crippen molar-refractivity contribution in [1.29, 1.82) is 0 Å². The summed E-state index contributed by atoms with van der Waals surface area (Å²) in [6.45, 7) is 3.63. The molecule has 0 radical (unpaired) electrons. The second kappa shape index (κ2) is 7.81. The van der Waals surface area contributed by atoms with Gasteiger partial charge >= 0.3 is 0 Å². The van der Waals surface area contributed by atoms with Crippen molar-refractivity contribution in [3.05, 3.63) is 22.2 Å². The van der Waals surface area contributed by atoms with Gasteiger partial charge in [0.05, 0.1) is 17.1 Å². The summed E-state index contributed by atoms with van der Waals surface area (Å²) in [6, 6.07) is 2.99. The molecule has 0 spiro atoms. The van der Waals surface area contributed by atoms with Crippen LogP contribution in [0.1, 0.15) is 45.4 Å². The first-order chi connectivity index (χ1) is 10.2. The second-order valence-corrected chi connectivity index (χ2v) is 5.65. The molecule has 1 aliphatic carbocycles. The van der Waals surface area contributed by atoms with Crippen LogP contribution in [0.4, 0.5) is 17.3 Å². The number of hydrogen-bond donors (Lipinski definition) is 2. The van der Waals surface area contributed by atoms with Crippen molar-refractivity contribution in [2.75, 3.05) is 23.7 Å². The molecule has 1 heterocycles. The van der Waals surface area contributed by atoms with Gasteiger partial charge in [-0.3, -0.25) is 10.1 Å². The van der Waals surface area contributed by atoms with E-state index in [4.69, 9.17) is 0 Å². The number of nitrogens with zero attached hydrogens (tertiary/aromatic N) is 2. The average molecular weight is 292 g/mol. The minimum absolute atomic E-state index is 0.0759. The molecule has 6 nitrogen and oxygen atoms in total. The lowest BCUT2D eigenvalue weighted by Crippen LogP contribution is -2.10. The fourth-order valence-electron chi connectivity index (χ4n) is 2.76. The largest absolute Gasteiger partial charge is 0.370 e. The molecule has 0 aromatic carbocycles. The summed E-state index contributed by atoms with van der Waals surface area (Å²) in [6.07, 6.45) is 7.37. The first-order valence-corrected chi connectivity index (χ1v) is 7.83. The maximum absolute atomic E-state index is 11.0. The Bertz CT molecular complexity index is 473. The third-order valence-corrected chi connectivity index (χ3v) is 3.91. The third kappa shape index (κ3) is 4.88. The average Bonchev–Trinajstić information content (AvgIpc) is 2.98. The predicted molar refractivity (Wildman–Crippen MR) is 84.7 cm³/mol. The van der Waals surface area contributed by atoms with Gasteiger partial charge in [-0.2, -0.15) is 0 Å². The van der Waals surface area contributed by atoms with Crippen molar-refractivity contribution in [2.45, 2.75) is 45.4 Å². The van der Waals surface area contributed by atoms with Crippen molar-refractivity contribution in [1.82, 2.24) is 4.98 Å². The lowest BCUT2D eigenvalue weighted by atomic mass is 10.0. The van der Waals surface area contributed by atoms with Crippen molar-refractivity contribution < 1.29 is 4.92 Å². The molecule has 116 valence electrons. The molecule has 1 aromatic heterocycles. The maximum Gasteiger partial charge on any atom is 0.276 e. The van der Waals surface area contributed by atoms with Gasteiger partial charge in [-0.1, -0.05) is 32.6 Å². The van der Waals surface area contributed by atoms with Gasteiger partial charge in [-0.05, 0) is 18.8 Å². The number of anilines is 2. The summed E-state index contributed by atoms with van der Waals surface area (Å²) < 4.78 is 0. The molecule has 0 bridgehead atoms. The van der Waals surface area contributed by atoms with Crippen molar-refractivity contribution in [3.63, 3.8) is 0 Å². The van der Waals surface area contributed by atoms with E-state index in [1.165, 1.54) is 37.8 Å². The molecule has 2 rings (SSSR count).